The molecule has 0 aliphatic heterocycles. The maximum absolute atomic E-state index is 6.01. The Hall–Kier alpha value is -1.35. The van der Waals surface area contributed by atoms with Crippen molar-refractivity contribution in [1.82, 2.24) is 9.55 Å². The highest BCUT2D eigenvalue weighted by Crippen LogP contribution is 2.36. The molecule has 84 valence electrons. The van der Waals surface area contributed by atoms with Gasteiger partial charge in [-0.15, -0.1) is 0 Å². The molecule has 0 spiro atoms. The first-order valence-electron chi connectivity index (χ1n) is 6.00. The second-order valence-electron chi connectivity index (χ2n) is 4.70. The second kappa shape index (κ2) is 3.59. The number of para-hydroxylation sites is 2. The number of benzene rings is 1. The van der Waals surface area contributed by atoms with Crippen LogP contribution >= 0.6 is 0 Å². The summed E-state index contributed by atoms with van der Waals surface area (Å²) >= 11 is 0. The lowest BCUT2D eigenvalue weighted by Crippen LogP contribution is -2.22. The van der Waals surface area contributed by atoms with Gasteiger partial charge < -0.3 is 10.3 Å². The number of fused-ring (bicyclic) bond motifs is 1. The predicted octanol–water partition coefficient (Wildman–Crippen LogP) is 2.78. The van der Waals surface area contributed by atoms with Crippen LogP contribution in [0.5, 0.6) is 0 Å². The maximum atomic E-state index is 6.01. The summed E-state index contributed by atoms with van der Waals surface area (Å²) in [5.74, 6) is 1.03. The van der Waals surface area contributed by atoms with E-state index in [0.29, 0.717) is 6.04 Å². The molecule has 2 N–H and O–H groups in total. The Morgan fingerprint density at radius 2 is 2.12 bits per heavy atom. The molecule has 1 atom stereocenters. The fourth-order valence-corrected chi connectivity index (χ4v) is 2.41. The van der Waals surface area contributed by atoms with E-state index < -0.39 is 0 Å². The molecule has 3 heteroatoms. The number of nitrogens with zero attached hydrogens (tertiary/aromatic N) is 2. The van der Waals surface area contributed by atoms with Gasteiger partial charge in [0.25, 0.3) is 0 Å². The van der Waals surface area contributed by atoms with Crippen molar-refractivity contribution in [2.24, 2.45) is 5.73 Å². The molecule has 0 bridgehead atoms. The van der Waals surface area contributed by atoms with Crippen LogP contribution in [0.4, 0.5) is 0 Å². The lowest BCUT2D eigenvalue weighted by Gasteiger charge is -2.29. The molecule has 1 aliphatic rings. The average Bonchev–Trinajstić information content (AvgIpc) is 2.56. The van der Waals surface area contributed by atoms with Crippen LogP contribution in [-0.4, -0.2) is 9.55 Å². The van der Waals surface area contributed by atoms with Crippen LogP contribution in [0.1, 0.15) is 44.1 Å². The fourth-order valence-electron chi connectivity index (χ4n) is 2.41. The topological polar surface area (TPSA) is 43.8 Å². The van der Waals surface area contributed by atoms with Gasteiger partial charge in [-0.05, 0) is 38.3 Å². The number of aromatic nitrogens is 2. The highest BCUT2D eigenvalue weighted by Gasteiger charge is 2.25. The molecule has 3 nitrogen and oxygen atoms in total. The normalized spacial score (nSPS) is 18.6. The molecule has 2 aromatic rings. The third kappa shape index (κ3) is 1.35. The third-order valence-corrected chi connectivity index (χ3v) is 3.47. The minimum atomic E-state index is 0.00741. The van der Waals surface area contributed by atoms with Crippen molar-refractivity contribution >= 4 is 11.0 Å². The predicted molar refractivity (Wildman–Crippen MR) is 65.2 cm³/mol. The van der Waals surface area contributed by atoms with Gasteiger partial charge in [-0.2, -0.15) is 0 Å². The van der Waals surface area contributed by atoms with E-state index in [2.05, 4.69) is 27.8 Å². The van der Waals surface area contributed by atoms with E-state index in [1.54, 1.807) is 0 Å². The summed E-state index contributed by atoms with van der Waals surface area (Å²) < 4.78 is 2.35. The first-order valence-corrected chi connectivity index (χ1v) is 6.00. The Balaban J connectivity index is 2.23. The van der Waals surface area contributed by atoms with Gasteiger partial charge >= 0.3 is 0 Å². The number of hydrogen-bond acceptors (Lipinski definition) is 2. The van der Waals surface area contributed by atoms with Crippen LogP contribution in [0.3, 0.4) is 0 Å². The van der Waals surface area contributed by atoms with Crippen molar-refractivity contribution in [2.45, 2.75) is 38.3 Å². The number of hydrogen-bond donors (Lipinski definition) is 1. The smallest absolute Gasteiger partial charge is 0.126 e. The van der Waals surface area contributed by atoms with Gasteiger partial charge in [-0.3, -0.25) is 0 Å². The van der Waals surface area contributed by atoms with E-state index in [0.717, 1.165) is 11.3 Å². The lowest BCUT2D eigenvalue weighted by molar-refractivity contribution is 0.310. The second-order valence-corrected chi connectivity index (χ2v) is 4.70. The van der Waals surface area contributed by atoms with Crippen LogP contribution in [0.2, 0.25) is 0 Å². The zero-order valence-corrected chi connectivity index (χ0v) is 9.56. The first-order chi connectivity index (χ1) is 7.77. The van der Waals surface area contributed by atoms with Gasteiger partial charge in [-0.25, -0.2) is 4.98 Å². The number of rotatable bonds is 2. The molecule has 1 saturated carbocycles. The Labute approximate surface area is 95.3 Å². The number of imidazole rings is 1. The average molecular weight is 215 g/mol. The summed E-state index contributed by atoms with van der Waals surface area (Å²) in [6.07, 6.45) is 3.86. The quantitative estimate of drug-likeness (QED) is 0.837. The maximum Gasteiger partial charge on any atom is 0.126 e. The summed E-state index contributed by atoms with van der Waals surface area (Å²) in [6.45, 7) is 2.01. The van der Waals surface area contributed by atoms with Crippen LogP contribution in [-0.2, 0) is 0 Å². The SMILES string of the molecule is C[C@H](N)c1nc2ccccc2n1C1CCC1. The molecule has 1 fully saturated rings. The van der Waals surface area contributed by atoms with Crippen LogP contribution in [0.25, 0.3) is 11.0 Å². The van der Waals surface area contributed by atoms with Crippen molar-refractivity contribution < 1.29 is 0 Å². The van der Waals surface area contributed by atoms with Gasteiger partial charge in [-0.1, -0.05) is 12.1 Å². The van der Waals surface area contributed by atoms with Crippen molar-refractivity contribution in [3.8, 4) is 0 Å². The third-order valence-electron chi connectivity index (χ3n) is 3.47. The van der Waals surface area contributed by atoms with Crippen molar-refractivity contribution in [3.05, 3.63) is 30.1 Å². The summed E-state index contributed by atoms with van der Waals surface area (Å²) in [5.41, 5.74) is 8.32. The zero-order chi connectivity index (χ0) is 11.1. The molecule has 16 heavy (non-hydrogen) atoms. The largest absolute Gasteiger partial charge is 0.324 e. The Morgan fingerprint density at radius 1 is 1.38 bits per heavy atom. The van der Waals surface area contributed by atoms with Gasteiger partial charge in [0.05, 0.1) is 17.1 Å². The minimum Gasteiger partial charge on any atom is -0.324 e. The van der Waals surface area contributed by atoms with E-state index in [9.17, 15) is 0 Å². The van der Waals surface area contributed by atoms with Gasteiger partial charge in [0.1, 0.15) is 5.82 Å². The summed E-state index contributed by atoms with van der Waals surface area (Å²) in [4.78, 5) is 4.65. The number of nitrogens with two attached hydrogens (primary N) is 1. The van der Waals surface area contributed by atoms with Gasteiger partial charge in [0, 0.05) is 6.04 Å². The molecule has 0 amide bonds. The minimum absolute atomic E-state index is 0.00741. The summed E-state index contributed by atoms with van der Waals surface area (Å²) in [7, 11) is 0. The molecular formula is C13H17N3. The molecule has 1 aromatic carbocycles. The van der Waals surface area contributed by atoms with E-state index in [1.807, 2.05) is 13.0 Å². The monoisotopic (exact) mass is 215 g/mol. The van der Waals surface area contributed by atoms with Crippen molar-refractivity contribution in [3.63, 3.8) is 0 Å². The molecule has 0 saturated heterocycles. The van der Waals surface area contributed by atoms with E-state index in [1.165, 1.54) is 24.8 Å². The van der Waals surface area contributed by atoms with E-state index in [-0.39, 0.29) is 6.04 Å². The van der Waals surface area contributed by atoms with Crippen LogP contribution in [0, 0.1) is 0 Å². The Morgan fingerprint density at radius 3 is 2.75 bits per heavy atom. The highest BCUT2D eigenvalue weighted by atomic mass is 15.1. The Kier molecular flexibility index (Phi) is 2.21. The highest BCUT2D eigenvalue weighted by molar-refractivity contribution is 5.76. The molecule has 3 rings (SSSR count). The molecule has 1 heterocycles. The van der Waals surface area contributed by atoms with Crippen molar-refractivity contribution in [1.29, 1.82) is 0 Å². The fraction of sp³-hybridized carbons (Fsp3) is 0.462. The molecule has 1 aliphatic carbocycles. The molecule has 1 aromatic heterocycles. The molecular weight excluding hydrogens is 198 g/mol. The molecule has 0 unspecified atom stereocenters. The van der Waals surface area contributed by atoms with E-state index >= 15 is 0 Å². The van der Waals surface area contributed by atoms with Crippen LogP contribution < -0.4 is 5.73 Å². The van der Waals surface area contributed by atoms with Gasteiger partial charge in [0.2, 0.25) is 0 Å². The summed E-state index contributed by atoms with van der Waals surface area (Å²) in [5, 5.41) is 0. The lowest BCUT2D eigenvalue weighted by atomic mass is 9.92. The Bertz CT molecular complexity index is 509. The first kappa shape index (κ1) is 9.85. The van der Waals surface area contributed by atoms with Crippen molar-refractivity contribution in [2.75, 3.05) is 0 Å². The van der Waals surface area contributed by atoms with Crippen LogP contribution in [0.15, 0.2) is 24.3 Å². The van der Waals surface area contributed by atoms with E-state index in [4.69, 9.17) is 5.73 Å². The summed E-state index contributed by atoms with van der Waals surface area (Å²) in [6, 6.07) is 8.94. The molecule has 0 radical (unpaired) electrons. The zero-order valence-electron chi connectivity index (χ0n) is 9.56. The standard InChI is InChI=1S/C13H17N3/c1-9(14)13-15-11-7-2-3-8-12(11)16(13)10-5-4-6-10/h2-3,7-10H,4-6,14H2,1H3/t9-/m0/s1. The van der Waals surface area contributed by atoms with Gasteiger partial charge in [0.15, 0.2) is 0 Å².